The monoisotopic (exact) mass is 435 g/mol. The molecule has 2 heterocycles. The predicted molar refractivity (Wildman–Crippen MR) is 118 cm³/mol. The summed E-state index contributed by atoms with van der Waals surface area (Å²) in [5, 5.41) is 0. The number of nitrogens with two attached hydrogens (primary N) is 1. The summed E-state index contributed by atoms with van der Waals surface area (Å²) in [4.78, 5) is 13.9. The number of carbonyl (C=O) groups is 1. The van der Waals surface area contributed by atoms with E-state index in [0.29, 0.717) is 11.8 Å². The maximum absolute atomic E-state index is 13.3. The zero-order valence-corrected chi connectivity index (χ0v) is 17.3. The van der Waals surface area contributed by atoms with Crippen molar-refractivity contribution in [3.05, 3.63) is 23.2 Å². The Balaban J connectivity index is 2.55. The summed E-state index contributed by atoms with van der Waals surface area (Å²) < 4.78 is 161. The van der Waals surface area contributed by atoms with Crippen molar-refractivity contribution in [1.29, 1.82) is 0 Å². The molecule has 4 unspecified atom stereocenters. The number of hydrogen-bond donors (Lipinski definition) is 1. The van der Waals surface area contributed by atoms with Crippen LogP contribution in [0, 0.1) is 17.7 Å². The van der Waals surface area contributed by atoms with Crippen LogP contribution in [0.4, 0.5) is 0 Å². The SMILES string of the molecule is [2H]c1c2c(c([2H])c(OC([2H])([2H])[2H])c1OC)C1N(CC2)C([2H])([2H])C([2H])(C([2H])([2H])C([2H])(C)C([2H])([2H])[2H])C([2H])(OC(=O)[C@@H](N)C(C)C)C1([2H])[2H]. The van der Waals surface area contributed by atoms with E-state index in [9.17, 15) is 13.0 Å². The van der Waals surface area contributed by atoms with Crippen molar-refractivity contribution in [2.45, 2.75) is 65.0 Å². The Bertz CT molecular complexity index is 1410. The van der Waals surface area contributed by atoms with Gasteiger partial charge in [-0.15, -0.1) is 0 Å². The lowest BCUT2D eigenvalue weighted by molar-refractivity contribution is -0.160. The Morgan fingerprint density at radius 3 is 2.90 bits per heavy atom. The molecular weight excluding hydrogens is 380 g/mol. The molecular formula is C24H38N2O4. The summed E-state index contributed by atoms with van der Waals surface area (Å²) in [6.45, 7) is -4.47. The van der Waals surface area contributed by atoms with Crippen molar-refractivity contribution < 1.29 is 42.3 Å². The normalized spacial score (nSPS) is 44.7. The number of methoxy groups -OCH3 is 2. The fourth-order valence-electron chi connectivity index (χ4n) is 3.13. The summed E-state index contributed by atoms with van der Waals surface area (Å²) in [5.74, 6) is -11.2. The van der Waals surface area contributed by atoms with Crippen LogP contribution in [-0.2, 0) is 16.0 Å². The molecule has 3 rings (SSSR count). The maximum Gasteiger partial charge on any atom is 0.323 e. The number of carbonyl (C=O) groups excluding carboxylic acids is 1. The second-order valence-electron chi connectivity index (χ2n) is 7.35. The average Bonchev–Trinajstić information content (AvgIpc) is 2.91. The Hall–Kier alpha value is -1.79. The Morgan fingerprint density at radius 1 is 1.47 bits per heavy atom. The van der Waals surface area contributed by atoms with E-state index in [1.165, 1.54) is 13.8 Å². The number of rotatable bonds is 7. The first-order valence-electron chi connectivity index (χ1n) is 18.0. The minimum atomic E-state index is -4.09. The van der Waals surface area contributed by atoms with Gasteiger partial charge in [-0.1, -0.05) is 27.6 Å². The minimum Gasteiger partial charge on any atom is -0.493 e. The van der Waals surface area contributed by atoms with Crippen LogP contribution in [0.25, 0.3) is 0 Å². The van der Waals surface area contributed by atoms with E-state index in [1.54, 1.807) is 0 Å². The van der Waals surface area contributed by atoms with Crippen LogP contribution in [0.1, 0.15) is 80.8 Å². The molecule has 1 saturated heterocycles. The summed E-state index contributed by atoms with van der Waals surface area (Å²) in [6, 6.07) is -5.37. The second kappa shape index (κ2) is 9.56. The molecule has 2 aliphatic heterocycles. The quantitative estimate of drug-likeness (QED) is 0.660. The van der Waals surface area contributed by atoms with Crippen LogP contribution in [0.3, 0.4) is 0 Å². The molecule has 0 bridgehead atoms. The van der Waals surface area contributed by atoms with Crippen molar-refractivity contribution in [2.75, 3.05) is 27.2 Å². The summed E-state index contributed by atoms with van der Waals surface area (Å²) in [5.41, 5.74) is 5.15. The average molecular weight is 436 g/mol. The number of benzene rings is 1. The Kier molecular flexibility index (Phi) is 2.99. The molecule has 0 spiro atoms. The number of ether oxygens (including phenoxy) is 3. The van der Waals surface area contributed by atoms with Crippen molar-refractivity contribution in [1.82, 2.24) is 4.90 Å². The van der Waals surface area contributed by atoms with E-state index in [4.69, 9.17) is 35.0 Å². The molecule has 1 aromatic carbocycles. The standard InChI is InChI=1S/C24H38N2O4/c1-14(2)9-17-13-26-8-7-16-10-21(28-5)22(29-6)11-18(16)19(26)12-20(17)30-24(27)23(25)15(3)4/h10-11,14-15,17,19-20,23H,7-9,12-13,25H2,1-6H3/t17?,19?,20?,23-/m0/s1/i1D3,6D3,9D2,10D,11D,12D2,13D2,14D,17D,20D/t14?,17?,19?,20?,23-. The van der Waals surface area contributed by atoms with Crippen LogP contribution >= 0.6 is 0 Å². The first-order chi connectivity index (χ1) is 20.8. The number of esters is 1. The zero-order chi connectivity index (χ0) is 36.9. The third kappa shape index (κ3) is 4.75. The van der Waals surface area contributed by atoms with E-state index in [2.05, 4.69) is 0 Å². The molecule has 2 aliphatic rings. The van der Waals surface area contributed by atoms with Crippen molar-refractivity contribution in [2.24, 2.45) is 23.4 Å². The molecule has 168 valence electrons. The lowest BCUT2D eigenvalue weighted by Crippen LogP contribution is -2.51. The third-order valence-corrected chi connectivity index (χ3v) is 4.79. The zero-order valence-electron chi connectivity index (χ0n) is 34.3. The van der Waals surface area contributed by atoms with Gasteiger partial charge in [0.1, 0.15) is 12.1 Å². The van der Waals surface area contributed by atoms with Crippen molar-refractivity contribution >= 4 is 5.97 Å². The van der Waals surface area contributed by atoms with Crippen LogP contribution in [0.15, 0.2) is 12.1 Å². The molecule has 30 heavy (non-hydrogen) atoms. The highest BCUT2D eigenvalue weighted by Crippen LogP contribution is 2.44. The fourth-order valence-corrected chi connectivity index (χ4v) is 3.13. The Morgan fingerprint density at radius 2 is 2.23 bits per heavy atom. The molecule has 0 saturated carbocycles. The number of fused-ring (bicyclic) bond motifs is 3. The lowest BCUT2D eigenvalue weighted by Gasteiger charge is -2.47. The second-order valence-corrected chi connectivity index (χ2v) is 7.35. The van der Waals surface area contributed by atoms with Gasteiger partial charge in [-0.3, -0.25) is 9.69 Å². The largest absolute Gasteiger partial charge is 0.493 e. The van der Waals surface area contributed by atoms with Gasteiger partial charge in [0.25, 0.3) is 0 Å². The maximum atomic E-state index is 13.3. The van der Waals surface area contributed by atoms with Gasteiger partial charge in [0, 0.05) is 46.4 Å². The highest BCUT2D eigenvalue weighted by molar-refractivity contribution is 5.76. The van der Waals surface area contributed by atoms with E-state index in [0.717, 1.165) is 7.11 Å². The minimum absolute atomic E-state index is 0.161. The van der Waals surface area contributed by atoms with Crippen LogP contribution in [0.5, 0.6) is 11.5 Å². The van der Waals surface area contributed by atoms with Gasteiger partial charge in [-0.05, 0) is 47.8 Å². The highest BCUT2D eigenvalue weighted by Gasteiger charge is 2.41. The summed E-state index contributed by atoms with van der Waals surface area (Å²) in [6.07, 6.45) is -12.1. The van der Waals surface area contributed by atoms with Gasteiger partial charge in [0.05, 0.1) is 22.4 Å². The summed E-state index contributed by atoms with van der Waals surface area (Å²) >= 11 is 0. The third-order valence-electron chi connectivity index (χ3n) is 4.79. The molecule has 0 amide bonds. The van der Waals surface area contributed by atoms with Gasteiger partial charge >= 0.3 is 5.97 Å². The van der Waals surface area contributed by atoms with Crippen molar-refractivity contribution in [3.8, 4) is 11.5 Å². The molecule has 1 fully saturated rings. The number of hydrogen-bond acceptors (Lipinski definition) is 6. The first-order valence-corrected chi connectivity index (χ1v) is 9.47. The predicted octanol–water partition coefficient (Wildman–Crippen LogP) is 3.56. The molecule has 0 aromatic heterocycles. The van der Waals surface area contributed by atoms with Gasteiger partial charge < -0.3 is 19.9 Å². The van der Waals surface area contributed by atoms with Crippen LogP contribution in [0.2, 0.25) is 0 Å². The van der Waals surface area contributed by atoms with Gasteiger partial charge in [-0.2, -0.15) is 0 Å². The molecule has 2 N–H and O–H groups in total. The number of nitrogens with zero attached hydrogens (tertiary/aromatic N) is 1. The number of piperidine rings is 1. The summed E-state index contributed by atoms with van der Waals surface area (Å²) in [7, 11) is -2.16. The van der Waals surface area contributed by atoms with E-state index < -0.39 is 111 Å². The molecule has 0 aliphatic carbocycles. The van der Waals surface area contributed by atoms with Gasteiger partial charge in [0.15, 0.2) is 11.5 Å². The van der Waals surface area contributed by atoms with E-state index >= 15 is 0 Å². The van der Waals surface area contributed by atoms with Gasteiger partial charge in [-0.25, -0.2) is 0 Å². The molecule has 5 atom stereocenters. The molecule has 1 aromatic rings. The van der Waals surface area contributed by atoms with Crippen molar-refractivity contribution in [3.63, 3.8) is 0 Å². The molecule has 0 radical (unpaired) electrons. The molecule has 6 nitrogen and oxygen atoms in total. The fraction of sp³-hybridized carbons (Fsp3) is 0.708. The molecule has 6 heteroatoms. The Labute approximate surface area is 204 Å². The first kappa shape index (κ1) is 9.37. The van der Waals surface area contributed by atoms with Crippen LogP contribution in [-0.4, -0.2) is 50.2 Å². The van der Waals surface area contributed by atoms with E-state index in [-0.39, 0.29) is 12.0 Å². The topological polar surface area (TPSA) is 74.0 Å². The highest BCUT2D eigenvalue weighted by atomic mass is 16.5. The van der Waals surface area contributed by atoms with Gasteiger partial charge in [0.2, 0.25) is 0 Å². The van der Waals surface area contributed by atoms with Crippen LogP contribution < -0.4 is 15.2 Å². The lowest BCUT2D eigenvalue weighted by atomic mass is 9.79. The smallest absolute Gasteiger partial charge is 0.323 e. The van der Waals surface area contributed by atoms with E-state index in [1.807, 2.05) is 0 Å².